The molecule has 0 bridgehead atoms. The van der Waals surface area contributed by atoms with Crippen LogP contribution in [0.2, 0.25) is 0 Å². The van der Waals surface area contributed by atoms with Crippen molar-refractivity contribution in [1.82, 2.24) is 9.97 Å². The average molecular weight is 193 g/mol. The van der Waals surface area contributed by atoms with Crippen LogP contribution in [0.5, 0.6) is 0 Å². The van der Waals surface area contributed by atoms with Crippen LogP contribution in [-0.4, -0.2) is 9.97 Å². The second-order valence-corrected chi connectivity index (χ2v) is 3.91. The second kappa shape index (κ2) is 5.05. The summed E-state index contributed by atoms with van der Waals surface area (Å²) in [5.74, 6) is 1.21. The number of aromatic nitrogens is 2. The number of nitrogens with two attached hydrogens (primary N) is 1. The third kappa shape index (κ3) is 2.77. The van der Waals surface area contributed by atoms with Crippen molar-refractivity contribution in [2.24, 2.45) is 11.7 Å². The standard InChI is InChI=1S/C11H19N3/c1-4-5-9(3)10(12)11-13-6-8(2)7-14-11/h6-7,9-10H,4-5,12H2,1-3H3. The molecule has 0 fully saturated rings. The predicted molar refractivity (Wildman–Crippen MR) is 57.8 cm³/mol. The maximum atomic E-state index is 6.05. The first-order chi connectivity index (χ1) is 6.65. The zero-order valence-corrected chi connectivity index (χ0v) is 9.20. The van der Waals surface area contributed by atoms with Gasteiger partial charge in [-0.2, -0.15) is 0 Å². The van der Waals surface area contributed by atoms with Crippen LogP contribution < -0.4 is 5.73 Å². The van der Waals surface area contributed by atoms with Crippen molar-refractivity contribution in [3.05, 3.63) is 23.8 Å². The van der Waals surface area contributed by atoms with Gasteiger partial charge >= 0.3 is 0 Å². The van der Waals surface area contributed by atoms with Gasteiger partial charge < -0.3 is 5.73 Å². The first-order valence-electron chi connectivity index (χ1n) is 5.19. The van der Waals surface area contributed by atoms with Crippen LogP contribution >= 0.6 is 0 Å². The average Bonchev–Trinajstić information content (AvgIpc) is 2.18. The molecule has 78 valence electrons. The van der Waals surface area contributed by atoms with Crippen LogP contribution in [0.3, 0.4) is 0 Å². The quantitative estimate of drug-likeness (QED) is 0.797. The van der Waals surface area contributed by atoms with Gasteiger partial charge in [0.25, 0.3) is 0 Å². The molecule has 1 heterocycles. The van der Waals surface area contributed by atoms with Crippen molar-refractivity contribution in [3.8, 4) is 0 Å². The van der Waals surface area contributed by atoms with Gasteiger partial charge in [0, 0.05) is 12.4 Å². The largest absolute Gasteiger partial charge is 0.321 e. The molecule has 1 aromatic rings. The Hall–Kier alpha value is -0.960. The first kappa shape index (κ1) is 11.1. The van der Waals surface area contributed by atoms with E-state index < -0.39 is 0 Å². The van der Waals surface area contributed by atoms with E-state index in [0.717, 1.165) is 24.2 Å². The number of nitrogens with zero attached hydrogens (tertiary/aromatic N) is 2. The molecular weight excluding hydrogens is 174 g/mol. The lowest BCUT2D eigenvalue weighted by atomic mass is 9.97. The third-order valence-electron chi connectivity index (χ3n) is 2.46. The third-order valence-corrected chi connectivity index (χ3v) is 2.46. The summed E-state index contributed by atoms with van der Waals surface area (Å²) in [4.78, 5) is 8.49. The fourth-order valence-corrected chi connectivity index (χ4v) is 1.46. The molecule has 0 aliphatic heterocycles. The summed E-state index contributed by atoms with van der Waals surface area (Å²) in [6.45, 7) is 6.29. The lowest BCUT2D eigenvalue weighted by Crippen LogP contribution is -2.21. The fraction of sp³-hybridized carbons (Fsp3) is 0.636. The SMILES string of the molecule is CCCC(C)C(N)c1ncc(C)cn1. The predicted octanol–water partition coefficient (Wildman–Crippen LogP) is 2.22. The molecule has 0 saturated heterocycles. The van der Waals surface area contributed by atoms with Gasteiger partial charge in [0.05, 0.1) is 6.04 Å². The summed E-state index contributed by atoms with van der Waals surface area (Å²) in [5.41, 5.74) is 7.12. The number of hydrogen-bond donors (Lipinski definition) is 1. The highest BCUT2D eigenvalue weighted by molar-refractivity contribution is 5.04. The van der Waals surface area contributed by atoms with Crippen LogP contribution in [-0.2, 0) is 0 Å². The van der Waals surface area contributed by atoms with Crippen molar-refractivity contribution in [2.75, 3.05) is 0 Å². The summed E-state index contributed by atoms with van der Waals surface area (Å²) in [5, 5.41) is 0. The molecule has 2 unspecified atom stereocenters. The van der Waals surface area contributed by atoms with E-state index in [9.17, 15) is 0 Å². The van der Waals surface area contributed by atoms with Gasteiger partial charge in [0.15, 0.2) is 0 Å². The molecule has 2 atom stereocenters. The Kier molecular flexibility index (Phi) is 4.01. The molecule has 0 amide bonds. The van der Waals surface area contributed by atoms with Crippen LogP contribution in [0.15, 0.2) is 12.4 Å². The molecule has 1 aromatic heterocycles. The Balaban J connectivity index is 2.68. The van der Waals surface area contributed by atoms with Gasteiger partial charge in [-0.25, -0.2) is 9.97 Å². The highest BCUT2D eigenvalue weighted by Crippen LogP contribution is 2.19. The maximum Gasteiger partial charge on any atom is 0.145 e. The normalized spacial score (nSPS) is 15.1. The van der Waals surface area contributed by atoms with E-state index in [0.29, 0.717) is 5.92 Å². The van der Waals surface area contributed by atoms with Crippen LogP contribution in [0, 0.1) is 12.8 Å². The second-order valence-electron chi connectivity index (χ2n) is 3.91. The Morgan fingerprint density at radius 2 is 1.93 bits per heavy atom. The Morgan fingerprint density at radius 3 is 2.43 bits per heavy atom. The summed E-state index contributed by atoms with van der Waals surface area (Å²) >= 11 is 0. The molecule has 0 aromatic carbocycles. The smallest absolute Gasteiger partial charge is 0.145 e. The number of aryl methyl sites for hydroxylation is 1. The van der Waals surface area contributed by atoms with E-state index in [-0.39, 0.29) is 6.04 Å². The minimum absolute atomic E-state index is 0.0319. The molecule has 3 nitrogen and oxygen atoms in total. The van der Waals surface area contributed by atoms with Gasteiger partial charge in [-0.1, -0.05) is 20.3 Å². The molecule has 0 aliphatic rings. The van der Waals surface area contributed by atoms with Gasteiger partial charge in [-0.15, -0.1) is 0 Å². The Bertz CT molecular complexity index is 268. The zero-order chi connectivity index (χ0) is 10.6. The zero-order valence-electron chi connectivity index (χ0n) is 9.20. The highest BCUT2D eigenvalue weighted by Gasteiger charge is 2.16. The van der Waals surface area contributed by atoms with Gasteiger partial charge in [-0.05, 0) is 24.8 Å². The summed E-state index contributed by atoms with van der Waals surface area (Å²) in [6.07, 6.45) is 5.92. The molecule has 0 radical (unpaired) electrons. The summed E-state index contributed by atoms with van der Waals surface area (Å²) in [6, 6.07) is -0.0319. The van der Waals surface area contributed by atoms with E-state index in [1.54, 1.807) is 0 Å². The molecule has 3 heteroatoms. The van der Waals surface area contributed by atoms with Crippen molar-refractivity contribution < 1.29 is 0 Å². The lowest BCUT2D eigenvalue weighted by Gasteiger charge is -2.17. The fourth-order valence-electron chi connectivity index (χ4n) is 1.46. The number of hydrogen-bond acceptors (Lipinski definition) is 3. The van der Waals surface area contributed by atoms with E-state index in [4.69, 9.17) is 5.73 Å². The molecule has 2 N–H and O–H groups in total. The topological polar surface area (TPSA) is 51.8 Å². The molecular formula is C11H19N3. The molecule has 0 aliphatic carbocycles. The minimum Gasteiger partial charge on any atom is -0.321 e. The van der Waals surface area contributed by atoms with Gasteiger partial charge in [0.2, 0.25) is 0 Å². The van der Waals surface area contributed by atoms with Crippen LogP contribution in [0.4, 0.5) is 0 Å². The van der Waals surface area contributed by atoms with Crippen LogP contribution in [0.25, 0.3) is 0 Å². The monoisotopic (exact) mass is 193 g/mol. The summed E-state index contributed by atoms with van der Waals surface area (Å²) < 4.78 is 0. The van der Waals surface area contributed by atoms with Crippen molar-refractivity contribution in [3.63, 3.8) is 0 Å². The van der Waals surface area contributed by atoms with Crippen molar-refractivity contribution in [1.29, 1.82) is 0 Å². The molecule has 1 rings (SSSR count). The lowest BCUT2D eigenvalue weighted by molar-refractivity contribution is 0.418. The Morgan fingerprint density at radius 1 is 1.36 bits per heavy atom. The first-order valence-corrected chi connectivity index (χ1v) is 5.19. The molecule has 0 saturated carbocycles. The van der Waals surface area contributed by atoms with E-state index >= 15 is 0 Å². The van der Waals surface area contributed by atoms with Crippen molar-refractivity contribution >= 4 is 0 Å². The number of rotatable bonds is 4. The van der Waals surface area contributed by atoms with E-state index in [1.165, 1.54) is 0 Å². The molecule has 14 heavy (non-hydrogen) atoms. The van der Waals surface area contributed by atoms with Gasteiger partial charge in [-0.3, -0.25) is 0 Å². The van der Waals surface area contributed by atoms with Gasteiger partial charge in [0.1, 0.15) is 5.82 Å². The highest BCUT2D eigenvalue weighted by atomic mass is 14.9. The van der Waals surface area contributed by atoms with E-state index in [2.05, 4.69) is 23.8 Å². The summed E-state index contributed by atoms with van der Waals surface area (Å²) in [7, 11) is 0. The van der Waals surface area contributed by atoms with Crippen LogP contribution in [0.1, 0.15) is 44.1 Å². The minimum atomic E-state index is -0.0319. The molecule has 0 spiro atoms. The van der Waals surface area contributed by atoms with E-state index in [1.807, 2.05) is 19.3 Å². The maximum absolute atomic E-state index is 6.05. The Labute approximate surface area is 85.8 Å². The van der Waals surface area contributed by atoms with Crippen molar-refractivity contribution in [2.45, 2.75) is 39.7 Å².